The molecule has 53 heavy (non-hydrogen) atoms. The summed E-state index contributed by atoms with van der Waals surface area (Å²) in [5, 5.41) is 9.76. The highest BCUT2D eigenvalue weighted by atomic mass is 16.3. The van der Waals surface area contributed by atoms with Crippen LogP contribution in [-0.4, -0.2) is 0 Å². The first-order chi connectivity index (χ1) is 26.3. The van der Waals surface area contributed by atoms with Gasteiger partial charge in [-0.15, -0.1) is 0 Å². The quantitative estimate of drug-likeness (QED) is 0.131. The highest BCUT2D eigenvalue weighted by Crippen LogP contribution is 2.50. The van der Waals surface area contributed by atoms with E-state index in [4.69, 9.17) is 4.42 Å². The van der Waals surface area contributed by atoms with Gasteiger partial charge in [0, 0.05) is 16.3 Å². The van der Waals surface area contributed by atoms with Crippen LogP contribution in [0.25, 0.3) is 110 Å². The molecule has 0 N–H and O–H groups in total. The van der Waals surface area contributed by atoms with Crippen LogP contribution in [0.2, 0.25) is 0 Å². The Morgan fingerprint density at radius 2 is 0.792 bits per heavy atom. The first-order valence-corrected chi connectivity index (χ1v) is 18.3. The van der Waals surface area contributed by atoms with Crippen molar-refractivity contribution in [2.24, 2.45) is 0 Å². The third kappa shape index (κ3) is 4.58. The second kappa shape index (κ2) is 11.8. The van der Waals surface area contributed by atoms with Crippen LogP contribution in [0.5, 0.6) is 0 Å². The van der Waals surface area contributed by atoms with E-state index in [0.29, 0.717) is 0 Å². The Morgan fingerprint density at radius 3 is 1.42 bits per heavy atom. The van der Waals surface area contributed by atoms with Crippen LogP contribution in [0.15, 0.2) is 199 Å². The molecule has 0 aliphatic heterocycles. The van der Waals surface area contributed by atoms with Crippen LogP contribution in [0.4, 0.5) is 0 Å². The van der Waals surface area contributed by atoms with Gasteiger partial charge in [-0.2, -0.15) is 0 Å². The van der Waals surface area contributed by atoms with E-state index in [2.05, 4.69) is 194 Å². The van der Waals surface area contributed by atoms with Gasteiger partial charge in [-0.1, -0.05) is 176 Å². The first-order valence-electron chi connectivity index (χ1n) is 18.3. The minimum Gasteiger partial charge on any atom is -0.455 e. The monoisotopic (exact) mass is 672 g/mol. The Balaban J connectivity index is 1.15. The van der Waals surface area contributed by atoms with Gasteiger partial charge < -0.3 is 4.42 Å². The standard InChI is InChI=1S/C52H32O/c1-3-14-33(15-4-1)38-19-7-8-20-39(38)35-26-28-36(29-27-35)48-41-21-9-11-23-43(41)50(44-24-12-10-22-42(44)48)46-32-37-18-13-25-47-49(37)51-45(46)31-30-40(52(51)53-47)34-16-5-2-6-17-34/h1-32H. The van der Waals surface area contributed by atoms with Gasteiger partial charge in [-0.3, -0.25) is 0 Å². The number of furan rings is 1. The molecule has 0 unspecified atom stereocenters. The lowest BCUT2D eigenvalue weighted by Crippen LogP contribution is -1.92. The molecule has 1 aromatic heterocycles. The predicted octanol–water partition coefficient (Wildman–Crippen LogP) is 14.8. The minimum atomic E-state index is 0.928. The third-order valence-corrected chi connectivity index (χ3v) is 11.1. The third-order valence-electron chi connectivity index (χ3n) is 11.1. The summed E-state index contributed by atoms with van der Waals surface area (Å²) >= 11 is 0. The summed E-state index contributed by atoms with van der Waals surface area (Å²) in [6.07, 6.45) is 0. The van der Waals surface area contributed by atoms with Crippen molar-refractivity contribution >= 4 is 54.3 Å². The smallest absolute Gasteiger partial charge is 0.143 e. The van der Waals surface area contributed by atoms with Crippen LogP contribution in [0, 0.1) is 0 Å². The van der Waals surface area contributed by atoms with Gasteiger partial charge in [-0.25, -0.2) is 0 Å². The van der Waals surface area contributed by atoms with Crippen molar-refractivity contribution in [3.63, 3.8) is 0 Å². The van der Waals surface area contributed by atoms with Crippen molar-refractivity contribution < 1.29 is 4.42 Å². The molecule has 1 nitrogen and oxygen atoms in total. The van der Waals surface area contributed by atoms with E-state index in [1.165, 1.54) is 87.6 Å². The molecule has 0 saturated heterocycles. The Morgan fingerprint density at radius 1 is 0.283 bits per heavy atom. The molecule has 0 radical (unpaired) electrons. The maximum absolute atomic E-state index is 6.72. The van der Waals surface area contributed by atoms with Crippen molar-refractivity contribution in [1.29, 1.82) is 0 Å². The number of rotatable bonds is 5. The lowest BCUT2D eigenvalue weighted by atomic mass is 9.83. The van der Waals surface area contributed by atoms with E-state index in [1.54, 1.807) is 0 Å². The Bertz CT molecular complexity index is 3080. The van der Waals surface area contributed by atoms with Gasteiger partial charge in [0.15, 0.2) is 0 Å². The van der Waals surface area contributed by atoms with Gasteiger partial charge in [0.2, 0.25) is 0 Å². The van der Waals surface area contributed by atoms with Gasteiger partial charge >= 0.3 is 0 Å². The largest absolute Gasteiger partial charge is 0.455 e. The summed E-state index contributed by atoms with van der Waals surface area (Å²) in [4.78, 5) is 0. The minimum absolute atomic E-state index is 0.928. The summed E-state index contributed by atoms with van der Waals surface area (Å²) in [5.41, 5.74) is 14.0. The lowest BCUT2D eigenvalue weighted by molar-refractivity contribution is 0.670. The molecular formula is C52H32O. The molecule has 0 spiro atoms. The average molecular weight is 673 g/mol. The zero-order chi connectivity index (χ0) is 34.9. The normalized spacial score (nSPS) is 11.8. The highest BCUT2D eigenvalue weighted by Gasteiger charge is 2.23. The summed E-state index contributed by atoms with van der Waals surface area (Å²) in [7, 11) is 0. The molecule has 0 aliphatic carbocycles. The van der Waals surface area contributed by atoms with E-state index < -0.39 is 0 Å². The summed E-state index contributed by atoms with van der Waals surface area (Å²) < 4.78 is 6.72. The predicted molar refractivity (Wildman–Crippen MR) is 225 cm³/mol. The van der Waals surface area contributed by atoms with Crippen molar-refractivity contribution in [2.45, 2.75) is 0 Å². The molecule has 0 fully saturated rings. The van der Waals surface area contributed by atoms with Crippen LogP contribution < -0.4 is 0 Å². The number of fused-ring (bicyclic) bond motifs is 2. The second-order valence-corrected chi connectivity index (χ2v) is 13.9. The lowest BCUT2D eigenvalue weighted by Gasteiger charge is -2.19. The SMILES string of the molecule is c1ccc(-c2ccccc2-c2ccc(-c3c4ccccc4c(-c4cc5cccc6oc7c(-c8ccccc8)ccc4c7c56)c4ccccc34)cc2)cc1. The molecule has 11 aromatic rings. The summed E-state index contributed by atoms with van der Waals surface area (Å²) in [6.45, 7) is 0. The van der Waals surface area contributed by atoms with Gasteiger partial charge in [-0.05, 0) is 101 Å². The van der Waals surface area contributed by atoms with Crippen LogP contribution in [-0.2, 0) is 0 Å². The van der Waals surface area contributed by atoms with E-state index in [1.807, 2.05) is 0 Å². The summed E-state index contributed by atoms with van der Waals surface area (Å²) in [5.74, 6) is 0. The Labute approximate surface area is 307 Å². The maximum atomic E-state index is 6.72. The zero-order valence-corrected chi connectivity index (χ0v) is 28.9. The molecule has 1 heterocycles. The first kappa shape index (κ1) is 29.7. The number of hydrogen-bond acceptors (Lipinski definition) is 1. The van der Waals surface area contributed by atoms with E-state index in [0.717, 1.165) is 22.3 Å². The Hall–Kier alpha value is -6.96. The highest BCUT2D eigenvalue weighted by molar-refractivity contribution is 6.31. The van der Waals surface area contributed by atoms with Crippen molar-refractivity contribution in [2.75, 3.05) is 0 Å². The van der Waals surface area contributed by atoms with Gasteiger partial charge in [0.1, 0.15) is 11.2 Å². The Kier molecular flexibility index (Phi) is 6.62. The van der Waals surface area contributed by atoms with Gasteiger partial charge in [0.05, 0.1) is 0 Å². The van der Waals surface area contributed by atoms with Crippen molar-refractivity contribution in [3.8, 4) is 55.6 Å². The van der Waals surface area contributed by atoms with Gasteiger partial charge in [0.25, 0.3) is 0 Å². The zero-order valence-electron chi connectivity index (χ0n) is 28.9. The molecule has 1 heteroatoms. The molecule has 0 aliphatic rings. The average Bonchev–Trinajstić information content (AvgIpc) is 3.63. The van der Waals surface area contributed by atoms with Crippen molar-refractivity contribution in [3.05, 3.63) is 194 Å². The van der Waals surface area contributed by atoms with E-state index in [9.17, 15) is 0 Å². The summed E-state index contributed by atoms with van der Waals surface area (Å²) in [6, 6.07) is 70.4. The number of hydrogen-bond donors (Lipinski definition) is 0. The molecule has 0 amide bonds. The molecule has 0 bridgehead atoms. The van der Waals surface area contributed by atoms with Crippen LogP contribution in [0.3, 0.4) is 0 Å². The molecule has 11 rings (SSSR count). The topological polar surface area (TPSA) is 13.1 Å². The molecule has 0 saturated carbocycles. The molecule has 10 aromatic carbocycles. The maximum Gasteiger partial charge on any atom is 0.143 e. The fourth-order valence-electron chi connectivity index (χ4n) is 8.73. The van der Waals surface area contributed by atoms with E-state index in [-0.39, 0.29) is 0 Å². The van der Waals surface area contributed by atoms with Crippen LogP contribution >= 0.6 is 0 Å². The number of benzene rings is 10. The van der Waals surface area contributed by atoms with Crippen molar-refractivity contribution in [1.82, 2.24) is 0 Å². The fourth-order valence-corrected chi connectivity index (χ4v) is 8.73. The fraction of sp³-hybridized carbons (Fsp3) is 0. The van der Waals surface area contributed by atoms with E-state index >= 15 is 0 Å². The molecular weight excluding hydrogens is 641 g/mol. The van der Waals surface area contributed by atoms with Crippen LogP contribution in [0.1, 0.15) is 0 Å². The molecule has 246 valence electrons. The second-order valence-electron chi connectivity index (χ2n) is 13.9. The molecule has 0 atom stereocenters.